The maximum atomic E-state index is 13.4. The number of carbonyl (C=O) groups excluding carboxylic acids is 2. The Morgan fingerprint density at radius 1 is 1.03 bits per heavy atom. The number of nitrogens with zero attached hydrogens (tertiary/aromatic N) is 5. The number of benzene rings is 1. The van der Waals surface area contributed by atoms with Gasteiger partial charge in [-0.3, -0.25) is 9.59 Å². The van der Waals surface area contributed by atoms with E-state index in [1.54, 1.807) is 0 Å². The molecule has 2 aromatic rings. The largest absolute Gasteiger partial charge is 0.342 e. The number of piperidine rings is 1. The van der Waals surface area contributed by atoms with E-state index >= 15 is 0 Å². The van der Waals surface area contributed by atoms with Crippen LogP contribution in [0.15, 0.2) is 24.3 Å². The minimum atomic E-state index is -0.234. The molecule has 1 aromatic heterocycles. The molecule has 4 heterocycles. The zero-order valence-electron chi connectivity index (χ0n) is 19.0. The number of aryl methyl sites for hydroxylation is 2. The highest BCUT2D eigenvalue weighted by Gasteiger charge is 2.38. The van der Waals surface area contributed by atoms with Crippen molar-refractivity contribution in [2.24, 2.45) is 5.92 Å². The van der Waals surface area contributed by atoms with Crippen molar-refractivity contribution in [3.8, 4) is 0 Å². The summed E-state index contributed by atoms with van der Waals surface area (Å²) in [4.78, 5) is 29.8. The lowest BCUT2D eigenvalue weighted by Gasteiger charge is -2.34. The third kappa shape index (κ3) is 4.30. The second kappa shape index (κ2) is 9.04. The smallest absolute Gasteiger partial charge is 0.228 e. The first-order valence-electron chi connectivity index (χ1n) is 12.1. The molecule has 2 fully saturated rings. The maximum absolute atomic E-state index is 13.4. The first-order chi connectivity index (χ1) is 15.6. The average Bonchev–Trinajstić information content (AvgIpc) is 3.29. The van der Waals surface area contributed by atoms with Crippen LogP contribution in [0, 0.1) is 12.8 Å². The Balaban J connectivity index is 1.23. The Labute approximate surface area is 189 Å². The van der Waals surface area contributed by atoms with Crippen LogP contribution in [-0.4, -0.2) is 56.0 Å². The van der Waals surface area contributed by atoms with E-state index in [1.807, 2.05) is 9.80 Å². The monoisotopic (exact) mass is 435 g/mol. The van der Waals surface area contributed by atoms with Gasteiger partial charge in [-0.25, -0.2) is 0 Å². The topological polar surface area (TPSA) is 71.3 Å². The molecule has 0 N–H and O–H groups in total. The lowest BCUT2D eigenvalue weighted by atomic mass is 9.95. The van der Waals surface area contributed by atoms with Crippen molar-refractivity contribution in [1.82, 2.24) is 24.6 Å². The van der Waals surface area contributed by atoms with E-state index in [0.29, 0.717) is 26.1 Å². The number of rotatable bonds is 4. The fourth-order valence-electron chi connectivity index (χ4n) is 5.46. The van der Waals surface area contributed by atoms with Gasteiger partial charge in [0.2, 0.25) is 11.8 Å². The van der Waals surface area contributed by atoms with Crippen LogP contribution in [0.4, 0.5) is 0 Å². The number of amides is 2. The van der Waals surface area contributed by atoms with Gasteiger partial charge in [0, 0.05) is 51.5 Å². The Bertz CT molecular complexity index is 983. The second-order valence-corrected chi connectivity index (χ2v) is 9.72. The Morgan fingerprint density at radius 2 is 1.88 bits per heavy atom. The molecule has 0 radical (unpaired) electrons. The van der Waals surface area contributed by atoms with Crippen LogP contribution < -0.4 is 0 Å². The molecule has 0 saturated carbocycles. The van der Waals surface area contributed by atoms with E-state index in [4.69, 9.17) is 0 Å². The molecule has 2 unspecified atom stereocenters. The predicted molar refractivity (Wildman–Crippen MR) is 121 cm³/mol. The Morgan fingerprint density at radius 3 is 2.72 bits per heavy atom. The van der Waals surface area contributed by atoms with Crippen molar-refractivity contribution in [2.45, 2.75) is 70.9 Å². The predicted octanol–water partition coefficient (Wildman–Crippen LogP) is 3.07. The van der Waals surface area contributed by atoms with Gasteiger partial charge in [0.05, 0.1) is 5.92 Å². The normalized spacial score (nSPS) is 23.8. The molecule has 32 heavy (non-hydrogen) atoms. The van der Waals surface area contributed by atoms with Gasteiger partial charge in [0.15, 0.2) is 0 Å². The summed E-state index contributed by atoms with van der Waals surface area (Å²) >= 11 is 0. The maximum Gasteiger partial charge on any atom is 0.228 e. The third-order valence-corrected chi connectivity index (χ3v) is 7.29. The molecular formula is C25H33N5O2. The highest BCUT2D eigenvalue weighted by molar-refractivity contribution is 5.89. The molecular weight excluding hydrogens is 402 g/mol. The second-order valence-electron chi connectivity index (χ2n) is 9.72. The summed E-state index contributed by atoms with van der Waals surface area (Å²) in [7, 11) is 0. The molecule has 2 saturated heterocycles. The van der Waals surface area contributed by atoms with Gasteiger partial charge >= 0.3 is 0 Å². The van der Waals surface area contributed by atoms with Gasteiger partial charge in [-0.1, -0.05) is 36.2 Å². The fourth-order valence-corrected chi connectivity index (χ4v) is 5.46. The zero-order valence-corrected chi connectivity index (χ0v) is 19.0. The highest BCUT2D eigenvalue weighted by atomic mass is 16.2. The molecule has 0 spiro atoms. The SMILES string of the molecule is Cc1ccc(CN2CC(C(=O)N3CCCC(c4nnc5n4CCCCC5)C3)CC2=O)cc1. The highest BCUT2D eigenvalue weighted by Crippen LogP contribution is 2.30. The van der Waals surface area contributed by atoms with Gasteiger partial charge in [0.1, 0.15) is 11.6 Å². The van der Waals surface area contributed by atoms with Crippen molar-refractivity contribution < 1.29 is 9.59 Å². The summed E-state index contributed by atoms with van der Waals surface area (Å²) < 4.78 is 2.31. The van der Waals surface area contributed by atoms with Gasteiger partial charge in [-0.15, -0.1) is 10.2 Å². The molecule has 170 valence electrons. The van der Waals surface area contributed by atoms with Crippen LogP contribution in [0.2, 0.25) is 0 Å². The van der Waals surface area contributed by atoms with Crippen LogP contribution in [0.25, 0.3) is 0 Å². The Hall–Kier alpha value is -2.70. The van der Waals surface area contributed by atoms with Gasteiger partial charge in [-0.05, 0) is 38.2 Å². The summed E-state index contributed by atoms with van der Waals surface area (Å²) in [5.74, 6) is 2.39. The van der Waals surface area contributed by atoms with E-state index in [0.717, 1.165) is 49.6 Å². The standard InChI is InChI=1S/C25H33N5O2/c1-18-8-10-19(11-9-18)15-29-17-21(14-23(29)31)25(32)28-12-5-6-20(16-28)24-27-26-22-7-3-2-4-13-30(22)24/h8-11,20-21H,2-7,12-17H2,1H3. The summed E-state index contributed by atoms with van der Waals surface area (Å²) in [6.07, 6.45) is 6.95. The van der Waals surface area contributed by atoms with Crippen molar-refractivity contribution in [3.63, 3.8) is 0 Å². The molecule has 0 bridgehead atoms. The number of carbonyl (C=O) groups is 2. The van der Waals surface area contributed by atoms with Crippen LogP contribution in [0.1, 0.15) is 67.2 Å². The molecule has 7 nitrogen and oxygen atoms in total. The molecule has 1 aromatic carbocycles. The molecule has 5 rings (SSSR count). The number of fused-ring (bicyclic) bond motifs is 1. The van der Waals surface area contributed by atoms with E-state index in [-0.39, 0.29) is 23.7 Å². The van der Waals surface area contributed by atoms with Crippen molar-refractivity contribution in [3.05, 3.63) is 47.0 Å². The molecule has 7 heteroatoms. The summed E-state index contributed by atoms with van der Waals surface area (Å²) in [5, 5.41) is 9.01. The van der Waals surface area contributed by atoms with Crippen LogP contribution >= 0.6 is 0 Å². The van der Waals surface area contributed by atoms with E-state index in [9.17, 15) is 9.59 Å². The lowest BCUT2D eigenvalue weighted by Crippen LogP contribution is -2.43. The number of aromatic nitrogens is 3. The minimum absolute atomic E-state index is 0.0836. The molecule has 3 aliphatic rings. The van der Waals surface area contributed by atoms with E-state index < -0.39 is 0 Å². The lowest BCUT2D eigenvalue weighted by molar-refractivity contribution is -0.137. The molecule has 2 amide bonds. The third-order valence-electron chi connectivity index (χ3n) is 7.29. The summed E-state index contributed by atoms with van der Waals surface area (Å²) in [6.45, 7) is 5.62. The molecule has 0 aliphatic carbocycles. The van der Waals surface area contributed by atoms with Crippen LogP contribution in [0.5, 0.6) is 0 Å². The fraction of sp³-hybridized carbons (Fsp3) is 0.600. The minimum Gasteiger partial charge on any atom is -0.342 e. The van der Waals surface area contributed by atoms with E-state index in [2.05, 4.69) is 46.0 Å². The van der Waals surface area contributed by atoms with Crippen LogP contribution in [0.3, 0.4) is 0 Å². The van der Waals surface area contributed by atoms with Gasteiger partial charge in [-0.2, -0.15) is 0 Å². The number of hydrogen-bond donors (Lipinski definition) is 0. The van der Waals surface area contributed by atoms with E-state index in [1.165, 1.54) is 24.8 Å². The Kier molecular flexibility index (Phi) is 5.98. The zero-order chi connectivity index (χ0) is 22.1. The van der Waals surface area contributed by atoms with Crippen molar-refractivity contribution >= 4 is 11.8 Å². The molecule has 3 aliphatic heterocycles. The van der Waals surface area contributed by atoms with Gasteiger partial charge < -0.3 is 14.4 Å². The number of hydrogen-bond acceptors (Lipinski definition) is 4. The number of likely N-dealkylation sites (tertiary alicyclic amines) is 2. The molecule has 2 atom stereocenters. The van der Waals surface area contributed by atoms with Gasteiger partial charge in [0.25, 0.3) is 0 Å². The van der Waals surface area contributed by atoms with Crippen LogP contribution in [-0.2, 0) is 29.1 Å². The average molecular weight is 436 g/mol. The summed E-state index contributed by atoms with van der Waals surface area (Å²) in [5.41, 5.74) is 2.32. The first-order valence-corrected chi connectivity index (χ1v) is 12.1. The van der Waals surface area contributed by atoms with Crippen molar-refractivity contribution in [1.29, 1.82) is 0 Å². The quantitative estimate of drug-likeness (QED) is 0.740. The summed E-state index contributed by atoms with van der Waals surface area (Å²) in [6, 6.07) is 8.26. The van der Waals surface area contributed by atoms with Crippen molar-refractivity contribution in [2.75, 3.05) is 19.6 Å². The first kappa shape index (κ1) is 21.2.